The quantitative estimate of drug-likeness (QED) is 0.319. The molecule has 0 bridgehead atoms. The molecule has 2 atom stereocenters. The summed E-state index contributed by atoms with van der Waals surface area (Å²) in [6.45, 7) is -0.381. The zero-order chi connectivity index (χ0) is 33.2. The molecule has 0 fully saturated rings. The summed E-state index contributed by atoms with van der Waals surface area (Å²) in [5, 5.41) is 30.3. The van der Waals surface area contributed by atoms with Crippen LogP contribution in [0.3, 0.4) is 0 Å². The van der Waals surface area contributed by atoms with Crippen molar-refractivity contribution in [2.75, 3.05) is 30.9 Å². The molecule has 2 aliphatic rings. The number of carboxylic acids is 1. The van der Waals surface area contributed by atoms with E-state index in [0.29, 0.717) is 5.01 Å². The Labute approximate surface area is 244 Å². The van der Waals surface area contributed by atoms with E-state index >= 15 is 0 Å². The average molecular weight is 650 g/mol. The molecule has 0 saturated carbocycles. The summed E-state index contributed by atoms with van der Waals surface area (Å²) >= 11 is 0. The highest BCUT2D eigenvalue weighted by Crippen LogP contribution is 2.38. The Balaban J connectivity index is 0.000000676. The number of aliphatic carboxylic acids is 1. The Hall–Kier alpha value is -4.67. The molecule has 2 aromatic rings. The number of rotatable bonds is 5. The molecule has 0 aliphatic carbocycles. The zero-order valence-electron chi connectivity index (χ0n) is 22.2. The Morgan fingerprint density at radius 3 is 2.32 bits per heavy atom. The highest BCUT2D eigenvalue weighted by Gasteiger charge is 2.45. The standard InChI is InChI=1S/C23H20F3N5O5S.C2HF3O2/c1-37(35,36)18-9-13(11-27)5-6-16(18)20-19-17(12-30(7-8-32)29-21(19)33)31(22(34)28-20)15-4-2-3-14(10-15)23(24,25)26;3-2(4,5)1(6)7/h2-6,9-10,20,32H,7-8,12H2,1H3,(H,28,34)(H,29,33);(H,6,7). The minimum atomic E-state index is -5.19. The molecule has 0 saturated heterocycles. The van der Waals surface area contributed by atoms with Crippen molar-refractivity contribution in [2.24, 2.45) is 0 Å². The Bertz CT molecular complexity index is 1670. The SMILES string of the molecule is CS(=O)(=O)c1cc(C#N)ccc1C1NC(=O)N(c2cccc(C(F)(F)F)c2)C2=C1C(=O)N[NH+](CCO)C2.O=C([O-])C(F)(F)F. The van der Waals surface area contributed by atoms with Crippen LogP contribution in [0.1, 0.15) is 22.7 Å². The van der Waals surface area contributed by atoms with E-state index in [4.69, 9.17) is 9.90 Å². The van der Waals surface area contributed by atoms with Crippen molar-refractivity contribution in [1.29, 1.82) is 5.26 Å². The van der Waals surface area contributed by atoms with E-state index in [2.05, 4.69) is 10.7 Å². The van der Waals surface area contributed by atoms with Crippen LogP contribution in [0.25, 0.3) is 0 Å². The number of carbonyl (C=O) groups is 3. The van der Waals surface area contributed by atoms with Gasteiger partial charge in [-0.25, -0.2) is 18.2 Å². The van der Waals surface area contributed by atoms with Crippen molar-refractivity contribution in [2.45, 2.75) is 23.3 Å². The van der Waals surface area contributed by atoms with Gasteiger partial charge in [-0.3, -0.25) is 9.69 Å². The number of sulfone groups is 1. The van der Waals surface area contributed by atoms with Crippen molar-refractivity contribution in [3.05, 3.63) is 70.4 Å². The second-order valence-corrected chi connectivity index (χ2v) is 11.2. The van der Waals surface area contributed by atoms with E-state index in [-0.39, 0.29) is 52.7 Å². The summed E-state index contributed by atoms with van der Waals surface area (Å²) < 4.78 is 96.8. The number of urea groups is 1. The molecule has 19 heteroatoms. The number of nitriles is 1. The third kappa shape index (κ3) is 7.45. The lowest BCUT2D eigenvalue weighted by atomic mass is 9.92. The molecule has 4 rings (SSSR count). The van der Waals surface area contributed by atoms with Crippen LogP contribution in [-0.2, 0) is 25.6 Å². The van der Waals surface area contributed by atoms with Crippen LogP contribution in [0.2, 0.25) is 0 Å². The average Bonchev–Trinajstić information content (AvgIpc) is 2.91. The van der Waals surface area contributed by atoms with Gasteiger partial charge < -0.3 is 20.3 Å². The van der Waals surface area contributed by atoms with Crippen molar-refractivity contribution in [3.63, 3.8) is 0 Å². The van der Waals surface area contributed by atoms with Crippen LogP contribution in [0.5, 0.6) is 0 Å². The number of aliphatic hydroxyl groups is 1. The number of hydrogen-bond donors (Lipinski definition) is 4. The summed E-state index contributed by atoms with van der Waals surface area (Å²) in [4.78, 5) is 36.1. The van der Waals surface area contributed by atoms with Crippen molar-refractivity contribution < 1.29 is 64.4 Å². The van der Waals surface area contributed by atoms with Gasteiger partial charge in [0, 0.05) is 6.26 Å². The molecule has 2 aliphatic heterocycles. The van der Waals surface area contributed by atoms with Gasteiger partial charge in [0.1, 0.15) is 19.1 Å². The zero-order valence-corrected chi connectivity index (χ0v) is 23.0. The highest BCUT2D eigenvalue weighted by molar-refractivity contribution is 7.90. The number of quaternary nitrogens is 1. The maximum atomic E-state index is 13.4. The molecular formula is C25H21F6N5O7S. The van der Waals surface area contributed by atoms with E-state index in [9.17, 15) is 54.7 Å². The maximum absolute atomic E-state index is 13.4. The molecule has 2 unspecified atom stereocenters. The molecule has 2 heterocycles. The van der Waals surface area contributed by atoms with Gasteiger partial charge >= 0.3 is 18.4 Å². The lowest BCUT2D eigenvalue weighted by Crippen LogP contribution is -3.21. The summed E-state index contributed by atoms with van der Waals surface area (Å²) in [6.07, 6.45) is -8.97. The Morgan fingerprint density at radius 2 is 1.80 bits per heavy atom. The third-order valence-corrected chi connectivity index (χ3v) is 7.34. The van der Waals surface area contributed by atoms with Gasteiger partial charge in [-0.15, -0.1) is 0 Å². The van der Waals surface area contributed by atoms with Crippen molar-refractivity contribution in [3.8, 4) is 6.07 Å². The summed E-state index contributed by atoms with van der Waals surface area (Å²) in [5.74, 6) is -3.72. The normalized spacial score (nSPS) is 18.8. The number of alkyl halides is 6. The number of nitrogens with one attached hydrogen (secondary N) is 3. The fourth-order valence-corrected chi connectivity index (χ4v) is 5.31. The van der Waals surface area contributed by atoms with Crippen LogP contribution < -0.4 is 25.8 Å². The van der Waals surface area contributed by atoms with Crippen LogP contribution in [0.15, 0.2) is 58.6 Å². The topological polar surface area (TPSA) is 184 Å². The monoisotopic (exact) mass is 649 g/mol. The predicted octanol–water partition coefficient (Wildman–Crippen LogP) is -0.274. The van der Waals surface area contributed by atoms with Gasteiger partial charge in [0.2, 0.25) is 0 Å². The van der Waals surface area contributed by atoms with Gasteiger partial charge in [-0.05, 0) is 35.9 Å². The first-order chi connectivity index (χ1) is 20.3. The summed E-state index contributed by atoms with van der Waals surface area (Å²) in [7, 11) is -3.93. The minimum Gasteiger partial charge on any atom is -0.542 e. The number of carbonyl (C=O) groups excluding carboxylic acids is 3. The number of carboxylic acid groups (broad SMARTS) is 1. The lowest BCUT2D eigenvalue weighted by Gasteiger charge is -2.40. The lowest BCUT2D eigenvalue weighted by molar-refractivity contribution is -0.933. The molecule has 4 N–H and O–H groups in total. The van der Waals surface area contributed by atoms with Crippen molar-refractivity contribution in [1.82, 2.24) is 10.7 Å². The molecule has 0 aromatic heterocycles. The van der Waals surface area contributed by atoms with Crippen LogP contribution in [0, 0.1) is 11.3 Å². The predicted molar refractivity (Wildman–Crippen MR) is 133 cm³/mol. The van der Waals surface area contributed by atoms with E-state index in [1.807, 2.05) is 6.07 Å². The summed E-state index contributed by atoms with van der Waals surface area (Å²) in [6, 6.07) is 7.46. The second-order valence-electron chi connectivity index (χ2n) is 9.26. The van der Waals surface area contributed by atoms with Gasteiger partial charge in [-0.2, -0.15) is 37.0 Å². The van der Waals surface area contributed by atoms with E-state index in [1.54, 1.807) is 0 Å². The molecule has 44 heavy (non-hydrogen) atoms. The second kappa shape index (κ2) is 12.5. The molecule has 12 nitrogen and oxygen atoms in total. The minimum absolute atomic E-state index is 0.0202. The van der Waals surface area contributed by atoms with Crippen LogP contribution in [0.4, 0.5) is 36.8 Å². The third-order valence-electron chi connectivity index (χ3n) is 6.19. The van der Waals surface area contributed by atoms with Gasteiger partial charge in [0.15, 0.2) is 9.84 Å². The molecule has 2 aromatic carbocycles. The number of nitrogens with zero attached hydrogens (tertiary/aromatic N) is 2. The summed E-state index contributed by atoms with van der Waals surface area (Å²) in [5.41, 5.74) is 1.49. The molecular weight excluding hydrogens is 628 g/mol. The first-order valence-corrected chi connectivity index (χ1v) is 14.0. The number of benzene rings is 2. The van der Waals surface area contributed by atoms with Gasteiger partial charge in [-0.1, -0.05) is 12.1 Å². The molecule has 0 radical (unpaired) electrons. The fraction of sp³-hybridized carbons (Fsp3) is 0.280. The number of amides is 3. The fourth-order valence-electron chi connectivity index (χ4n) is 4.36. The first kappa shape index (κ1) is 33.8. The van der Waals surface area contributed by atoms with E-state index < -0.39 is 51.7 Å². The Morgan fingerprint density at radius 1 is 1.16 bits per heavy atom. The first-order valence-electron chi connectivity index (χ1n) is 12.1. The highest BCUT2D eigenvalue weighted by atomic mass is 32.2. The largest absolute Gasteiger partial charge is 0.542 e. The molecule has 3 amide bonds. The molecule has 236 valence electrons. The number of hydrogen-bond acceptors (Lipinski definition) is 8. The van der Waals surface area contributed by atoms with Crippen molar-refractivity contribution >= 4 is 33.4 Å². The maximum Gasteiger partial charge on any atom is 0.430 e. The number of aliphatic hydroxyl groups excluding tert-OH is 1. The number of anilines is 1. The smallest absolute Gasteiger partial charge is 0.430 e. The van der Waals surface area contributed by atoms with E-state index in [0.717, 1.165) is 35.4 Å². The van der Waals surface area contributed by atoms with Gasteiger partial charge in [0.05, 0.1) is 51.7 Å². The molecule has 0 spiro atoms. The Kier molecular flexibility index (Phi) is 9.62. The van der Waals surface area contributed by atoms with Crippen LogP contribution >= 0.6 is 0 Å². The van der Waals surface area contributed by atoms with Crippen LogP contribution in [-0.4, -0.2) is 63.6 Å². The number of halogens is 6. The van der Waals surface area contributed by atoms with Gasteiger partial charge in [0.25, 0.3) is 5.91 Å². The van der Waals surface area contributed by atoms with E-state index in [1.165, 1.54) is 18.2 Å².